The highest BCUT2D eigenvalue weighted by molar-refractivity contribution is 9.10. The van der Waals surface area contributed by atoms with E-state index in [1.807, 2.05) is 22.8 Å². The van der Waals surface area contributed by atoms with E-state index in [-0.39, 0.29) is 5.41 Å². The van der Waals surface area contributed by atoms with Crippen LogP contribution in [-0.4, -0.2) is 27.6 Å². The zero-order valence-electron chi connectivity index (χ0n) is 15.9. The highest BCUT2D eigenvalue weighted by Crippen LogP contribution is 2.69. The molecule has 0 saturated heterocycles. The maximum Gasteiger partial charge on any atom is 0.228 e. The second-order valence-corrected chi connectivity index (χ2v) is 10.7. The third kappa shape index (κ3) is 2.87. The summed E-state index contributed by atoms with van der Waals surface area (Å²) in [5, 5.41) is 4.60. The van der Waals surface area contributed by atoms with Crippen LogP contribution < -0.4 is 0 Å². The van der Waals surface area contributed by atoms with Crippen molar-refractivity contribution in [2.45, 2.75) is 72.4 Å². The smallest absolute Gasteiger partial charge is 0.228 e. The van der Waals surface area contributed by atoms with E-state index < -0.39 is 0 Å². The van der Waals surface area contributed by atoms with Crippen LogP contribution in [0.4, 0.5) is 0 Å². The van der Waals surface area contributed by atoms with Gasteiger partial charge in [0.2, 0.25) is 5.91 Å². The number of carbonyl (C=O) groups excluding carboxylic acids is 1. The molecule has 0 aliphatic heterocycles. The van der Waals surface area contributed by atoms with E-state index in [9.17, 15) is 4.79 Å². The highest BCUT2D eigenvalue weighted by atomic mass is 79.9. The first-order valence-corrected chi connectivity index (χ1v) is 10.4. The van der Waals surface area contributed by atoms with E-state index in [0.29, 0.717) is 23.3 Å². The van der Waals surface area contributed by atoms with Crippen LogP contribution in [0.15, 0.2) is 10.7 Å². The molecule has 4 nitrogen and oxygen atoms in total. The van der Waals surface area contributed by atoms with Gasteiger partial charge in [0, 0.05) is 19.8 Å². The van der Waals surface area contributed by atoms with Crippen molar-refractivity contribution >= 4 is 21.8 Å². The third-order valence-electron chi connectivity index (χ3n) is 6.92. The van der Waals surface area contributed by atoms with Crippen LogP contribution >= 0.6 is 15.9 Å². The molecule has 2 atom stereocenters. The minimum atomic E-state index is -0.128. The lowest BCUT2D eigenvalue weighted by molar-refractivity contribution is -0.178. The summed E-state index contributed by atoms with van der Waals surface area (Å²) in [5.41, 5.74) is 1.57. The number of hydrogen-bond donors (Lipinski definition) is 0. The zero-order valence-corrected chi connectivity index (χ0v) is 17.5. The van der Waals surface area contributed by atoms with Crippen LogP contribution in [0, 0.1) is 22.2 Å². The number of carbonyl (C=O) groups is 1. The summed E-state index contributed by atoms with van der Waals surface area (Å²) >= 11 is 3.60. The molecule has 4 aliphatic carbocycles. The summed E-state index contributed by atoms with van der Waals surface area (Å²) < 4.78 is 2.92. The maximum atomic E-state index is 13.5. The summed E-state index contributed by atoms with van der Waals surface area (Å²) in [6.45, 7) is 8.37. The number of rotatable bonds is 4. The Morgan fingerprint density at radius 3 is 2.44 bits per heavy atom. The number of halogens is 1. The normalized spacial score (nSPS) is 39.0. The maximum absolute atomic E-state index is 13.5. The standard InChI is InChI=1S/C20H30BrN3O/c1-5-24-9-15(21)16(22-24)10-23(4)17(25)20-8-14-6-18(2,12-20)11-19(3,7-14)13-20/h9,14H,5-8,10-13H2,1-4H3/t14?,18-,19-,20?/m0/s1. The van der Waals surface area contributed by atoms with Gasteiger partial charge >= 0.3 is 0 Å². The van der Waals surface area contributed by atoms with Crippen LogP contribution in [0.25, 0.3) is 0 Å². The van der Waals surface area contributed by atoms with Crippen LogP contribution in [0.3, 0.4) is 0 Å². The van der Waals surface area contributed by atoms with Gasteiger partial charge in [-0.15, -0.1) is 0 Å². The molecule has 4 aliphatic rings. The van der Waals surface area contributed by atoms with E-state index in [4.69, 9.17) is 0 Å². The van der Waals surface area contributed by atoms with Gasteiger partial charge < -0.3 is 4.90 Å². The molecule has 0 aromatic carbocycles. The summed E-state index contributed by atoms with van der Waals surface area (Å²) in [4.78, 5) is 15.5. The van der Waals surface area contributed by atoms with Crippen molar-refractivity contribution in [1.29, 1.82) is 0 Å². The first kappa shape index (κ1) is 17.6. The molecule has 0 radical (unpaired) electrons. The Kier molecular flexibility index (Phi) is 3.92. The Morgan fingerprint density at radius 2 is 1.92 bits per heavy atom. The topological polar surface area (TPSA) is 38.1 Å². The van der Waals surface area contributed by atoms with Crippen LogP contribution in [0.2, 0.25) is 0 Å². The van der Waals surface area contributed by atoms with Gasteiger partial charge in [0.25, 0.3) is 0 Å². The van der Waals surface area contributed by atoms with Crippen molar-refractivity contribution in [2.75, 3.05) is 7.05 Å². The lowest BCUT2D eigenvalue weighted by atomic mass is 9.40. The molecule has 5 heteroatoms. The van der Waals surface area contributed by atoms with Gasteiger partial charge in [0.1, 0.15) is 0 Å². The van der Waals surface area contributed by atoms with Crippen LogP contribution in [0.1, 0.15) is 65.0 Å². The van der Waals surface area contributed by atoms with Crippen molar-refractivity contribution in [1.82, 2.24) is 14.7 Å². The van der Waals surface area contributed by atoms with Gasteiger partial charge in [-0.1, -0.05) is 13.8 Å². The summed E-state index contributed by atoms with van der Waals surface area (Å²) in [5.74, 6) is 1.10. The lowest BCUT2D eigenvalue weighted by Crippen LogP contribution is -2.59. The second-order valence-electron chi connectivity index (χ2n) is 9.85. The molecule has 25 heavy (non-hydrogen) atoms. The summed E-state index contributed by atoms with van der Waals surface area (Å²) in [7, 11) is 1.96. The van der Waals surface area contributed by atoms with Crippen molar-refractivity contribution in [3.63, 3.8) is 0 Å². The molecule has 1 heterocycles. The Bertz CT molecular complexity index is 694. The average molecular weight is 408 g/mol. The second kappa shape index (κ2) is 5.58. The van der Waals surface area contributed by atoms with E-state index in [1.165, 1.54) is 19.3 Å². The largest absolute Gasteiger partial charge is 0.339 e. The molecular weight excluding hydrogens is 378 g/mol. The Hall–Kier alpha value is -0.840. The molecular formula is C20H30BrN3O. The van der Waals surface area contributed by atoms with Crippen LogP contribution in [-0.2, 0) is 17.9 Å². The fraction of sp³-hybridized carbons (Fsp3) is 0.800. The Morgan fingerprint density at radius 1 is 1.28 bits per heavy atom. The van der Waals surface area contributed by atoms with Gasteiger partial charge in [-0.3, -0.25) is 9.48 Å². The van der Waals surface area contributed by atoms with Gasteiger partial charge in [0.15, 0.2) is 0 Å². The first-order valence-electron chi connectivity index (χ1n) is 9.63. The number of amides is 1. The van der Waals surface area contributed by atoms with Crippen molar-refractivity contribution in [3.8, 4) is 0 Å². The average Bonchev–Trinajstić information content (AvgIpc) is 2.83. The summed E-state index contributed by atoms with van der Waals surface area (Å²) in [6.07, 6.45) is 9.23. The predicted molar refractivity (Wildman–Crippen MR) is 102 cm³/mol. The lowest BCUT2D eigenvalue weighted by Gasteiger charge is -2.65. The van der Waals surface area contributed by atoms with E-state index in [2.05, 4.69) is 41.8 Å². The Balaban J connectivity index is 1.56. The molecule has 4 fully saturated rings. The van der Waals surface area contributed by atoms with Crippen molar-refractivity contribution in [2.24, 2.45) is 22.2 Å². The van der Waals surface area contributed by atoms with Gasteiger partial charge in [-0.25, -0.2) is 0 Å². The first-order chi connectivity index (χ1) is 11.7. The molecule has 1 amide bonds. The molecule has 4 bridgehead atoms. The zero-order chi connectivity index (χ0) is 18.0. The van der Waals surface area contributed by atoms with Gasteiger partial charge in [-0.2, -0.15) is 5.10 Å². The SMILES string of the molecule is CCn1cc(Br)c(CN(C)C(=O)C23CC4C[C@](C)(C2)C[C@](C)(C4)C3)n1. The summed E-state index contributed by atoms with van der Waals surface area (Å²) in [6, 6.07) is 0. The van der Waals surface area contributed by atoms with E-state index in [1.54, 1.807) is 0 Å². The fourth-order valence-electron chi connectivity index (χ4n) is 7.09. The van der Waals surface area contributed by atoms with Gasteiger partial charge in [-0.05, 0) is 78.1 Å². The minimum Gasteiger partial charge on any atom is -0.339 e. The number of nitrogens with zero attached hydrogens (tertiary/aromatic N) is 3. The quantitative estimate of drug-likeness (QED) is 0.729. The fourth-order valence-corrected chi connectivity index (χ4v) is 7.53. The molecule has 5 rings (SSSR count). The van der Waals surface area contributed by atoms with Crippen molar-refractivity contribution in [3.05, 3.63) is 16.4 Å². The predicted octanol–water partition coefficient (Wildman–Crippen LogP) is 4.62. The van der Waals surface area contributed by atoms with Crippen molar-refractivity contribution < 1.29 is 4.79 Å². The third-order valence-corrected chi connectivity index (χ3v) is 7.59. The van der Waals surface area contributed by atoms with E-state index >= 15 is 0 Å². The highest BCUT2D eigenvalue weighted by Gasteiger charge is 2.63. The Labute approximate surface area is 159 Å². The number of hydrogen-bond acceptors (Lipinski definition) is 2. The minimum absolute atomic E-state index is 0.128. The monoisotopic (exact) mass is 407 g/mol. The molecule has 138 valence electrons. The van der Waals surface area contributed by atoms with Crippen LogP contribution in [0.5, 0.6) is 0 Å². The van der Waals surface area contributed by atoms with Gasteiger partial charge in [0.05, 0.1) is 22.1 Å². The molecule has 0 unspecified atom stereocenters. The molecule has 4 saturated carbocycles. The molecule has 1 aromatic rings. The van der Waals surface area contributed by atoms with E-state index in [0.717, 1.165) is 41.9 Å². The molecule has 0 spiro atoms. The number of aromatic nitrogens is 2. The molecule has 1 aromatic heterocycles. The molecule has 0 N–H and O–H groups in total. The number of aryl methyl sites for hydroxylation is 1.